The summed E-state index contributed by atoms with van der Waals surface area (Å²) in [4.78, 5) is 14.7. The lowest BCUT2D eigenvalue weighted by atomic mass is 9.33. The Morgan fingerprint density at radius 3 is 1.76 bits per heavy atom. The van der Waals surface area contributed by atoms with Crippen molar-refractivity contribution in [1.82, 2.24) is 0 Å². The van der Waals surface area contributed by atoms with Crippen LogP contribution in [-0.4, -0.2) is 180 Å². The third-order valence-corrected chi connectivity index (χ3v) is 19.3. The fourth-order valence-electron chi connectivity index (χ4n) is 15.0. The zero-order chi connectivity index (χ0) is 48.3. The average molecular weight is 943 g/mol. The van der Waals surface area contributed by atoms with Crippen molar-refractivity contribution in [3.05, 3.63) is 11.6 Å². The summed E-state index contributed by atoms with van der Waals surface area (Å²) < 4.78 is 35.7. The number of aliphatic hydroxyl groups is 11. The molecule has 18 nitrogen and oxygen atoms in total. The first-order valence-electron chi connectivity index (χ1n) is 24.3. The van der Waals surface area contributed by atoms with Crippen molar-refractivity contribution in [1.29, 1.82) is 0 Å². The Labute approximate surface area is 387 Å². The highest BCUT2D eigenvalue weighted by Gasteiger charge is 2.70. The van der Waals surface area contributed by atoms with Gasteiger partial charge >= 0.3 is 5.97 Å². The summed E-state index contributed by atoms with van der Waals surface area (Å²) >= 11 is 0. The molecule has 8 rings (SSSR count). The molecule has 0 radical (unpaired) electrons. The molecule has 3 aliphatic heterocycles. The van der Waals surface area contributed by atoms with E-state index < -0.39 is 135 Å². The van der Waals surface area contributed by atoms with Crippen LogP contribution in [0, 0.1) is 50.2 Å². The molecule has 18 heteroatoms. The van der Waals surface area contributed by atoms with E-state index in [0.717, 1.165) is 44.9 Å². The maximum Gasteiger partial charge on any atom is 0.315 e. The molecule has 0 aromatic carbocycles. The van der Waals surface area contributed by atoms with Crippen LogP contribution in [0.5, 0.6) is 0 Å². The summed E-state index contributed by atoms with van der Waals surface area (Å²) in [6.45, 7) is 14.1. The molecule has 8 aliphatic rings. The SMILES string of the molecule is CC1(C)CC[C@]2(C(=O)O[C@@H]3O[C@H](CO)[C@@H](O)[C@H](O)[C@H]3O)CC[C@]3(C)C(=CCC4[C@@]5(C)CC[C@H](OC6O[C@H](CO)[C@@H](O)[C@H](O[C@@H]7O[C@H](CO)[C@@H](O)[C@H](O)[C@H]7O)[C@H]6O)C(C)(C)C5CC[C@]43C)[C@@H]2C1. The first-order chi connectivity index (χ1) is 30.9. The fourth-order valence-corrected chi connectivity index (χ4v) is 15.0. The third-order valence-electron chi connectivity index (χ3n) is 19.3. The summed E-state index contributed by atoms with van der Waals surface area (Å²) in [5.41, 5.74) is -0.674. The van der Waals surface area contributed by atoms with Crippen LogP contribution in [0.3, 0.4) is 0 Å². The molecule has 0 spiro atoms. The van der Waals surface area contributed by atoms with E-state index in [1.165, 1.54) is 5.57 Å². The molecule has 3 saturated heterocycles. The predicted octanol–water partition coefficient (Wildman–Crippen LogP) is 0.141. The predicted molar refractivity (Wildman–Crippen MR) is 230 cm³/mol. The van der Waals surface area contributed by atoms with Crippen molar-refractivity contribution >= 4 is 5.97 Å². The van der Waals surface area contributed by atoms with E-state index in [4.69, 9.17) is 28.4 Å². The molecule has 378 valence electrons. The van der Waals surface area contributed by atoms with Gasteiger partial charge < -0.3 is 84.6 Å². The molecule has 66 heavy (non-hydrogen) atoms. The number of aliphatic hydroxyl groups excluding tert-OH is 11. The van der Waals surface area contributed by atoms with E-state index >= 15 is 0 Å². The van der Waals surface area contributed by atoms with Gasteiger partial charge in [0.05, 0.1) is 31.3 Å². The van der Waals surface area contributed by atoms with Crippen LogP contribution in [0.1, 0.15) is 113 Å². The summed E-state index contributed by atoms with van der Waals surface area (Å²) in [6.07, 6.45) is -13.7. The quantitative estimate of drug-likeness (QED) is 0.0833. The first kappa shape index (κ1) is 50.9. The number of allylic oxidation sites excluding steroid dienone is 2. The number of fused-ring (bicyclic) bond motifs is 7. The number of hydrogen-bond acceptors (Lipinski definition) is 18. The van der Waals surface area contributed by atoms with Crippen molar-refractivity contribution in [2.24, 2.45) is 50.2 Å². The molecular weight excluding hydrogens is 865 g/mol. The zero-order valence-electron chi connectivity index (χ0n) is 39.5. The van der Waals surface area contributed by atoms with Crippen LogP contribution in [0.15, 0.2) is 11.6 Å². The fraction of sp³-hybridized carbons (Fsp3) is 0.938. The lowest BCUT2D eigenvalue weighted by Crippen LogP contribution is -2.67. The van der Waals surface area contributed by atoms with Gasteiger partial charge in [0, 0.05) is 0 Å². The number of esters is 1. The van der Waals surface area contributed by atoms with Crippen LogP contribution >= 0.6 is 0 Å². The third kappa shape index (κ3) is 7.87. The largest absolute Gasteiger partial charge is 0.432 e. The molecular formula is C48H78O18. The molecule has 0 aromatic heterocycles. The molecule has 23 atom stereocenters. The van der Waals surface area contributed by atoms with Gasteiger partial charge in [0.25, 0.3) is 0 Å². The lowest BCUT2D eigenvalue weighted by molar-refractivity contribution is -0.369. The van der Waals surface area contributed by atoms with Gasteiger partial charge in [0.2, 0.25) is 6.29 Å². The minimum absolute atomic E-state index is 0.0581. The molecule has 11 N–H and O–H groups in total. The summed E-state index contributed by atoms with van der Waals surface area (Å²) in [5, 5.41) is 116. The number of hydrogen-bond donors (Lipinski definition) is 11. The van der Waals surface area contributed by atoms with E-state index in [1.54, 1.807) is 0 Å². The Morgan fingerprint density at radius 2 is 1.15 bits per heavy atom. The summed E-state index contributed by atoms with van der Waals surface area (Å²) in [6, 6.07) is 0. The first-order valence-corrected chi connectivity index (χ1v) is 24.3. The summed E-state index contributed by atoms with van der Waals surface area (Å²) in [7, 11) is 0. The second-order valence-electron chi connectivity index (χ2n) is 23.5. The Morgan fingerprint density at radius 1 is 0.606 bits per heavy atom. The Balaban J connectivity index is 1.02. The Kier molecular flexibility index (Phi) is 13.9. The number of rotatable bonds is 9. The molecule has 7 fully saturated rings. The van der Waals surface area contributed by atoms with Gasteiger partial charge in [-0.05, 0) is 109 Å². The van der Waals surface area contributed by atoms with Crippen molar-refractivity contribution in [3.63, 3.8) is 0 Å². The topological polar surface area (TPSA) is 295 Å². The Hall–Kier alpha value is -1.43. The molecule has 0 bridgehead atoms. The highest BCUT2D eigenvalue weighted by Crippen LogP contribution is 2.76. The van der Waals surface area contributed by atoms with Crippen molar-refractivity contribution in [2.45, 2.75) is 211 Å². The van der Waals surface area contributed by atoms with Crippen LogP contribution in [-0.2, 0) is 33.2 Å². The standard InChI is InChI=1S/C48H78O18/c1-43(2)14-16-48(42(60)66-40-36(58)34(56)31(53)25(20-50)62-40)17-15-46(6)22(23(48)18-43)8-9-28-45(5)12-11-29(44(3,4)27(45)10-13-47(28,46)7)64-41-37(59)38(32(54)26(21-51)63-41)65-39-35(57)33(55)30(52)24(19-49)61-39/h8,23-41,49-59H,9-21H2,1-7H3/t23-,24+,25+,26+,27?,28?,29-,30+,31+,32+,33-,34-,35+,36+,37+,38-,39-,40-,41?,45-,46+,47+,48-/m0/s1. The summed E-state index contributed by atoms with van der Waals surface area (Å²) in [5.74, 6) is -0.189. The van der Waals surface area contributed by atoms with Gasteiger partial charge in [-0.2, -0.15) is 0 Å². The zero-order valence-corrected chi connectivity index (χ0v) is 39.5. The maximum atomic E-state index is 14.7. The van der Waals surface area contributed by atoms with E-state index in [1.807, 2.05) is 0 Å². The van der Waals surface area contributed by atoms with Gasteiger partial charge in [-0.25, -0.2) is 0 Å². The molecule has 5 aliphatic carbocycles. The molecule has 4 saturated carbocycles. The molecule has 3 heterocycles. The minimum Gasteiger partial charge on any atom is -0.432 e. The van der Waals surface area contributed by atoms with Gasteiger partial charge in [0.15, 0.2) is 12.6 Å². The molecule has 0 aromatic rings. The van der Waals surface area contributed by atoms with Gasteiger partial charge in [-0.1, -0.05) is 60.1 Å². The maximum absolute atomic E-state index is 14.7. The smallest absolute Gasteiger partial charge is 0.315 e. The van der Waals surface area contributed by atoms with Crippen LogP contribution in [0.2, 0.25) is 0 Å². The van der Waals surface area contributed by atoms with E-state index in [-0.39, 0.29) is 39.4 Å². The number of carbonyl (C=O) groups excluding carboxylic acids is 1. The van der Waals surface area contributed by atoms with Gasteiger partial charge in [-0.15, -0.1) is 0 Å². The van der Waals surface area contributed by atoms with Crippen molar-refractivity contribution < 1.29 is 89.4 Å². The second-order valence-corrected chi connectivity index (χ2v) is 23.5. The number of ether oxygens (including phenoxy) is 6. The van der Waals surface area contributed by atoms with Gasteiger partial charge in [0.1, 0.15) is 73.2 Å². The van der Waals surface area contributed by atoms with Crippen LogP contribution < -0.4 is 0 Å². The second kappa shape index (κ2) is 18.0. The number of carbonyl (C=O) groups is 1. The minimum atomic E-state index is -1.79. The molecule has 0 amide bonds. The monoisotopic (exact) mass is 943 g/mol. The average Bonchev–Trinajstić information content (AvgIpc) is 3.26. The lowest BCUT2D eigenvalue weighted by Gasteiger charge is -2.71. The van der Waals surface area contributed by atoms with E-state index in [9.17, 15) is 61.0 Å². The molecule has 3 unspecified atom stereocenters. The van der Waals surface area contributed by atoms with Crippen molar-refractivity contribution in [3.8, 4) is 0 Å². The van der Waals surface area contributed by atoms with Crippen LogP contribution in [0.25, 0.3) is 0 Å². The Bertz CT molecular complexity index is 1790. The van der Waals surface area contributed by atoms with E-state index in [0.29, 0.717) is 19.3 Å². The highest BCUT2D eigenvalue weighted by molar-refractivity contribution is 5.79. The van der Waals surface area contributed by atoms with Crippen molar-refractivity contribution in [2.75, 3.05) is 19.8 Å². The normalized spacial score (nSPS) is 53.3. The van der Waals surface area contributed by atoms with Crippen LogP contribution in [0.4, 0.5) is 0 Å². The highest BCUT2D eigenvalue weighted by atomic mass is 16.7. The van der Waals surface area contributed by atoms with Gasteiger partial charge in [-0.3, -0.25) is 4.79 Å². The van der Waals surface area contributed by atoms with E-state index in [2.05, 4.69) is 54.5 Å².